The molecule has 0 N–H and O–H groups in total. The summed E-state index contributed by atoms with van der Waals surface area (Å²) in [6.07, 6.45) is 3.06. The van der Waals surface area contributed by atoms with E-state index in [1.807, 2.05) is 0 Å². The van der Waals surface area contributed by atoms with Crippen molar-refractivity contribution in [2.75, 3.05) is 12.9 Å². The fraction of sp³-hybridized carbons (Fsp3) is 0.143. The van der Waals surface area contributed by atoms with Gasteiger partial charge in [-0.25, -0.2) is 4.39 Å². The van der Waals surface area contributed by atoms with Crippen molar-refractivity contribution in [3.63, 3.8) is 0 Å². The lowest BCUT2D eigenvalue weighted by molar-refractivity contribution is 0.102. The number of carbonyl (C=O) groups is 1. The first-order chi connectivity index (χ1) is 9.19. The van der Waals surface area contributed by atoms with E-state index in [2.05, 4.69) is 4.98 Å². The van der Waals surface area contributed by atoms with Crippen LogP contribution in [-0.4, -0.2) is 23.6 Å². The summed E-state index contributed by atoms with van der Waals surface area (Å²) in [7, 11) is 1.53. The molecule has 2 rings (SSSR count). The molecule has 2 aromatic rings. The van der Waals surface area contributed by atoms with Gasteiger partial charge in [-0.3, -0.25) is 9.78 Å². The molecule has 0 bridgehead atoms. The van der Waals surface area contributed by atoms with Gasteiger partial charge >= 0.3 is 0 Å². The standard InChI is InChI=1S/C14H12FNO2S/c1-18-12-6-10(7-16-8-12)14(17)9-19-13-4-2-11(15)3-5-13/h2-8H,9H2,1H3. The van der Waals surface area contributed by atoms with Gasteiger partial charge in [0.1, 0.15) is 11.6 Å². The van der Waals surface area contributed by atoms with Crippen molar-refractivity contribution in [3.05, 3.63) is 54.1 Å². The highest BCUT2D eigenvalue weighted by molar-refractivity contribution is 8.00. The Labute approximate surface area is 114 Å². The van der Waals surface area contributed by atoms with Gasteiger partial charge in [-0.2, -0.15) is 0 Å². The number of benzene rings is 1. The molecule has 0 aliphatic carbocycles. The molecule has 5 heteroatoms. The fourth-order valence-electron chi connectivity index (χ4n) is 1.45. The molecule has 0 saturated carbocycles. The average molecular weight is 277 g/mol. The quantitative estimate of drug-likeness (QED) is 0.621. The van der Waals surface area contributed by atoms with E-state index in [-0.39, 0.29) is 17.4 Å². The number of ether oxygens (including phenoxy) is 1. The lowest BCUT2D eigenvalue weighted by atomic mass is 10.2. The van der Waals surface area contributed by atoms with Gasteiger partial charge in [0.25, 0.3) is 0 Å². The van der Waals surface area contributed by atoms with Crippen molar-refractivity contribution in [2.45, 2.75) is 4.90 Å². The van der Waals surface area contributed by atoms with Gasteiger partial charge in [0.05, 0.1) is 19.1 Å². The van der Waals surface area contributed by atoms with Crippen LogP contribution in [0.3, 0.4) is 0 Å². The zero-order valence-electron chi connectivity index (χ0n) is 10.3. The van der Waals surface area contributed by atoms with Gasteiger partial charge in [-0.1, -0.05) is 0 Å². The molecule has 19 heavy (non-hydrogen) atoms. The predicted octanol–water partition coefficient (Wildman–Crippen LogP) is 3.20. The van der Waals surface area contributed by atoms with Crippen LogP contribution in [0.5, 0.6) is 5.75 Å². The van der Waals surface area contributed by atoms with Crippen LogP contribution in [0.15, 0.2) is 47.6 Å². The molecule has 0 aliphatic rings. The molecule has 98 valence electrons. The van der Waals surface area contributed by atoms with Crippen molar-refractivity contribution in [3.8, 4) is 5.75 Å². The summed E-state index contributed by atoms with van der Waals surface area (Å²) in [5.41, 5.74) is 0.508. The molecule has 1 aromatic carbocycles. The van der Waals surface area contributed by atoms with Gasteiger partial charge in [0.2, 0.25) is 0 Å². The summed E-state index contributed by atoms with van der Waals surface area (Å²) in [5.74, 6) is 0.506. The summed E-state index contributed by atoms with van der Waals surface area (Å²) in [6.45, 7) is 0. The van der Waals surface area contributed by atoms with Crippen LogP contribution in [0.25, 0.3) is 0 Å². The Kier molecular flexibility index (Phi) is 4.52. The highest BCUT2D eigenvalue weighted by atomic mass is 32.2. The maximum Gasteiger partial charge on any atom is 0.174 e. The Morgan fingerprint density at radius 2 is 2.05 bits per heavy atom. The summed E-state index contributed by atoms with van der Waals surface area (Å²) in [6, 6.07) is 7.70. The maximum absolute atomic E-state index is 12.7. The second kappa shape index (κ2) is 6.33. The Bertz CT molecular complexity index is 572. The fourth-order valence-corrected chi connectivity index (χ4v) is 2.24. The number of halogens is 1. The SMILES string of the molecule is COc1cncc(C(=O)CSc2ccc(F)cc2)c1. The van der Waals surface area contributed by atoms with E-state index in [4.69, 9.17) is 4.74 Å². The van der Waals surface area contributed by atoms with E-state index in [0.717, 1.165) is 4.90 Å². The van der Waals surface area contributed by atoms with E-state index in [9.17, 15) is 9.18 Å². The molecule has 0 saturated heterocycles. The Morgan fingerprint density at radius 3 is 2.74 bits per heavy atom. The van der Waals surface area contributed by atoms with Crippen LogP contribution in [0.1, 0.15) is 10.4 Å². The third-order valence-corrected chi connectivity index (χ3v) is 3.47. The molecule has 1 heterocycles. The Morgan fingerprint density at radius 1 is 1.32 bits per heavy atom. The van der Waals surface area contributed by atoms with Crippen LogP contribution >= 0.6 is 11.8 Å². The highest BCUT2D eigenvalue weighted by Gasteiger charge is 2.08. The number of carbonyl (C=O) groups excluding carboxylic acids is 1. The number of hydrogen-bond donors (Lipinski definition) is 0. The number of thioether (sulfide) groups is 1. The molecule has 0 fully saturated rings. The molecule has 3 nitrogen and oxygen atoms in total. The Hall–Kier alpha value is -1.88. The highest BCUT2D eigenvalue weighted by Crippen LogP contribution is 2.20. The van der Waals surface area contributed by atoms with Crippen LogP contribution in [0.2, 0.25) is 0 Å². The number of pyridine rings is 1. The number of methoxy groups -OCH3 is 1. The number of hydrogen-bond acceptors (Lipinski definition) is 4. The number of aromatic nitrogens is 1. The monoisotopic (exact) mass is 277 g/mol. The molecule has 0 radical (unpaired) electrons. The molecule has 0 amide bonds. The van der Waals surface area contributed by atoms with Gasteiger partial charge in [0.15, 0.2) is 5.78 Å². The molecule has 0 unspecified atom stereocenters. The minimum atomic E-state index is -0.285. The van der Waals surface area contributed by atoms with E-state index in [1.54, 1.807) is 24.4 Å². The topological polar surface area (TPSA) is 39.2 Å². The van der Waals surface area contributed by atoms with Gasteiger partial charge in [-0.15, -0.1) is 11.8 Å². The number of ketones is 1. The van der Waals surface area contributed by atoms with Gasteiger partial charge < -0.3 is 4.74 Å². The zero-order valence-corrected chi connectivity index (χ0v) is 11.1. The van der Waals surface area contributed by atoms with E-state index < -0.39 is 0 Å². The minimum absolute atomic E-state index is 0.0410. The smallest absolute Gasteiger partial charge is 0.174 e. The summed E-state index contributed by atoms with van der Waals surface area (Å²) in [4.78, 5) is 16.8. The number of Topliss-reactive ketones (excluding diaryl/α,β-unsaturated/α-hetero) is 1. The summed E-state index contributed by atoms with van der Waals surface area (Å²) in [5, 5.41) is 0. The third-order valence-electron chi connectivity index (χ3n) is 2.45. The van der Waals surface area contributed by atoms with Crippen molar-refractivity contribution < 1.29 is 13.9 Å². The Balaban J connectivity index is 1.99. The summed E-state index contributed by atoms with van der Waals surface area (Å²) >= 11 is 1.36. The molecular formula is C14H12FNO2S. The van der Waals surface area contributed by atoms with Crippen LogP contribution in [-0.2, 0) is 0 Å². The first kappa shape index (κ1) is 13.5. The van der Waals surface area contributed by atoms with E-state index in [0.29, 0.717) is 11.3 Å². The second-order valence-electron chi connectivity index (χ2n) is 3.78. The minimum Gasteiger partial charge on any atom is -0.495 e. The van der Waals surface area contributed by atoms with Crippen LogP contribution in [0.4, 0.5) is 4.39 Å². The van der Waals surface area contributed by atoms with Crippen molar-refractivity contribution in [1.29, 1.82) is 0 Å². The largest absolute Gasteiger partial charge is 0.495 e. The van der Waals surface area contributed by atoms with Crippen molar-refractivity contribution in [1.82, 2.24) is 4.98 Å². The average Bonchev–Trinajstić information content (AvgIpc) is 2.46. The third kappa shape index (κ3) is 3.79. The normalized spacial score (nSPS) is 10.2. The molecule has 0 aliphatic heterocycles. The van der Waals surface area contributed by atoms with E-state index >= 15 is 0 Å². The van der Waals surface area contributed by atoms with Crippen LogP contribution in [0, 0.1) is 5.82 Å². The molecule has 1 aromatic heterocycles. The lowest BCUT2D eigenvalue weighted by Gasteiger charge is -2.03. The second-order valence-corrected chi connectivity index (χ2v) is 4.83. The first-order valence-electron chi connectivity index (χ1n) is 5.59. The first-order valence-corrected chi connectivity index (χ1v) is 6.58. The maximum atomic E-state index is 12.7. The molecule has 0 spiro atoms. The zero-order chi connectivity index (χ0) is 13.7. The lowest BCUT2D eigenvalue weighted by Crippen LogP contribution is -2.03. The number of nitrogens with zero attached hydrogens (tertiary/aromatic N) is 1. The summed E-state index contributed by atoms with van der Waals surface area (Å²) < 4.78 is 17.8. The van der Waals surface area contributed by atoms with E-state index in [1.165, 1.54) is 37.2 Å². The van der Waals surface area contributed by atoms with Gasteiger partial charge in [-0.05, 0) is 30.3 Å². The van der Waals surface area contributed by atoms with Gasteiger partial charge in [0, 0.05) is 16.7 Å². The molecule has 0 atom stereocenters. The van der Waals surface area contributed by atoms with Crippen molar-refractivity contribution in [2.24, 2.45) is 0 Å². The molecular weight excluding hydrogens is 265 g/mol. The van der Waals surface area contributed by atoms with Crippen molar-refractivity contribution >= 4 is 17.5 Å². The predicted molar refractivity (Wildman–Crippen MR) is 72.2 cm³/mol. The van der Waals surface area contributed by atoms with Crippen LogP contribution < -0.4 is 4.74 Å². The number of rotatable bonds is 5.